The number of pyridine rings is 6. The van der Waals surface area contributed by atoms with Crippen molar-refractivity contribution in [1.29, 1.82) is 0 Å². The first-order valence-electron chi connectivity index (χ1n) is 31.0. The number of imidazole rings is 3. The summed E-state index contributed by atoms with van der Waals surface area (Å²) in [5, 5.41) is 16.0. The molecule has 28 nitrogen and oxygen atoms in total. The molecule has 10 aromatic heterocycles. The Labute approximate surface area is 564 Å². The number of hydrogen-bond acceptors (Lipinski definition) is 17. The van der Waals surface area contributed by atoms with E-state index < -0.39 is 11.8 Å². The quantitative estimate of drug-likeness (QED) is 0.0409. The molecule has 0 spiro atoms. The lowest BCUT2D eigenvalue weighted by atomic mass is 9.99. The predicted octanol–water partition coefficient (Wildman–Crippen LogP) is 10.9. The molecule has 0 aliphatic heterocycles. The van der Waals surface area contributed by atoms with Crippen LogP contribution in [0.5, 0.6) is 17.5 Å². The minimum absolute atomic E-state index is 0.109. The zero-order valence-corrected chi connectivity index (χ0v) is 54.9. The monoisotopic (exact) mass is 1330 g/mol. The van der Waals surface area contributed by atoms with E-state index in [1.807, 2.05) is 100 Å². The van der Waals surface area contributed by atoms with Gasteiger partial charge in [0, 0.05) is 122 Å². The number of fused-ring (bicyclic) bond motifs is 3. The maximum atomic E-state index is 14.5. The van der Waals surface area contributed by atoms with E-state index in [4.69, 9.17) is 14.2 Å². The highest BCUT2D eigenvalue weighted by atomic mass is 19.1. The Kier molecular flexibility index (Phi) is 20.7. The molecule has 0 saturated carbocycles. The van der Waals surface area contributed by atoms with Crippen LogP contribution < -0.4 is 57.2 Å². The van der Waals surface area contributed by atoms with Gasteiger partial charge in [0.05, 0.1) is 72.5 Å². The minimum Gasteiger partial charge on any atom is -0.497 e. The number of carbonyl (C=O) groups excluding carboxylic acids is 3. The zero-order valence-electron chi connectivity index (χ0n) is 54.9. The summed E-state index contributed by atoms with van der Waals surface area (Å²) in [6, 6.07) is 33.1. The number of nitrogens with zero attached hydrogens (tertiary/aromatic N) is 11. The molecule has 99 heavy (non-hydrogen) atoms. The van der Waals surface area contributed by atoms with Gasteiger partial charge < -0.3 is 54.2 Å². The first kappa shape index (κ1) is 67.2. The largest absolute Gasteiger partial charge is 0.497 e. The van der Waals surface area contributed by atoms with Crippen LogP contribution in [0, 0.1) is 12.7 Å². The molecule has 29 heteroatoms. The number of carbonyl (C=O) groups is 3. The maximum absolute atomic E-state index is 14.5. The predicted molar refractivity (Wildman–Crippen MR) is 375 cm³/mol. The van der Waals surface area contributed by atoms with Crippen LogP contribution in [0.25, 0.3) is 100 Å². The lowest BCUT2D eigenvalue weighted by Gasteiger charge is -2.13. The van der Waals surface area contributed by atoms with Crippen molar-refractivity contribution in [2.45, 2.75) is 34.2 Å². The third-order valence-corrected chi connectivity index (χ3v) is 15.3. The van der Waals surface area contributed by atoms with Gasteiger partial charge >= 0.3 is 24.1 Å². The Bertz CT molecular complexity index is 5230. The summed E-state index contributed by atoms with van der Waals surface area (Å²) in [7, 11) is 6.37. The summed E-state index contributed by atoms with van der Waals surface area (Å²) < 4.78 is 33.5. The number of methoxy groups -OCH3 is 3. The van der Waals surface area contributed by atoms with Gasteiger partial charge in [0.15, 0.2) is 0 Å². The highest BCUT2D eigenvalue weighted by Gasteiger charge is 2.21. The van der Waals surface area contributed by atoms with E-state index in [1.54, 1.807) is 93.3 Å². The lowest BCUT2D eigenvalue weighted by Crippen LogP contribution is -2.28. The van der Waals surface area contributed by atoms with Gasteiger partial charge in [0.2, 0.25) is 17.8 Å². The second-order valence-corrected chi connectivity index (χ2v) is 21.9. The van der Waals surface area contributed by atoms with Gasteiger partial charge in [-0.1, -0.05) is 6.07 Å². The highest BCUT2D eigenvalue weighted by molar-refractivity contribution is 6.01. The Morgan fingerprint density at radius 1 is 0.495 bits per heavy atom. The average Bonchev–Trinajstić information content (AvgIpc) is 1.72. The van der Waals surface area contributed by atoms with E-state index in [2.05, 4.69) is 91.7 Å². The van der Waals surface area contributed by atoms with Gasteiger partial charge in [0.25, 0.3) is 11.1 Å². The molecule has 13 aromatic rings. The first-order chi connectivity index (χ1) is 48.0. The molecule has 0 unspecified atom stereocenters. The molecule has 0 aliphatic rings. The second-order valence-electron chi connectivity index (χ2n) is 21.9. The molecule has 0 saturated heterocycles. The molecule has 0 bridgehead atoms. The van der Waals surface area contributed by atoms with Crippen molar-refractivity contribution in [1.82, 2.24) is 84.9 Å². The van der Waals surface area contributed by atoms with Crippen LogP contribution in [-0.4, -0.2) is 128 Å². The van der Waals surface area contributed by atoms with Gasteiger partial charge in [0.1, 0.15) is 28.5 Å². The van der Waals surface area contributed by atoms with Crippen LogP contribution in [0.15, 0.2) is 168 Å². The number of ether oxygens (including phenoxy) is 3. The number of halogens is 1. The molecule has 9 N–H and O–H groups in total. The molecule has 0 atom stereocenters. The van der Waals surface area contributed by atoms with E-state index in [0.29, 0.717) is 105 Å². The van der Waals surface area contributed by atoms with Crippen LogP contribution in [0.1, 0.15) is 32.2 Å². The van der Waals surface area contributed by atoms with Crippen LogP contribution >= 0.6 is 0 Å². The number of urea groups is 3. The molecule has 13 rings (SSSR count). The molecule has 10 heterocycles. The number of rotatable bonds is 17. The van der Waals surface area contributed by atoms with Gasteiger partial charge in [-0.25, -0.2) is 43.7 Å². The first-order valence-corrected chi connectivity index (χ1v) is 31.0. The Balaban J connectivity index is 0.000000151. The van der Waals surface area contributed by atoms with Gasteiger partial charge in [-0.3, -0.25) is 45.5 Å². The standard InChI is InChI=1S/C28H27N7O3.C22H22N6O3.C20H18FN7O2/c1-4-29-28(37)34-27-32-24-13-19(12-22(26(24)33-27)23-15-21(38-3)8-10-31-23)18-11-17(2)35(25(36)14-18)16-20-7-5-6-9-30-20;1-4-23-22(30)27-21-25-18-10-14(13-6-8-28(2)19(29)11-13)9-16(20(18)26-21)17-12-15(31-3)5-7-24-17;1-3-22-19(29)28-18-26-15-8-11(12-9-24-20(30-2)25-10-12)7-13(17(15)27-18)16-14(21)5-4-6-23-16/h5-15H,4,16H2,1-3H3,(H3,29,32,33,34,37);5-12H,4H2,1-3H3,(H3,23,25,26,27,30);4-10H,3H2,1-2H3,(H3,22,26,27,28,29). The number of amides is 6. The van der Waals surface area contributed by atoms with Crippen molar-refractivity contribution in [3.8, 4) is 84.7 Å². The molecular weight excluding hydrogens is 1270 g/mol. The van der Waals surface area contributed by atoms with Crippen molar-refractivity contribution in [3.05, 3.63) is 197 Å². The topological polar surface area (TPSA) is 358 Å². The summed E-state index contributed by atoms with van der Waals surface area (Å²) in [6.45, 7) is 9.23. The van der Waals surface area contributed by atoms with E-state index >= 15 is 0 Å². The van der Waals surface area contributed by atoms with Crippen molar-refractivity contribution >= 4 is 69.0 Å². The van der Waals surface area contributed by atoms with Crippen molar-refractivity contribution in [2.75, 3.05) is 56.9 Å². The van der Waals surface area contributed by atoms with E-state index in [-0.39, 0.29) is 40.8 Å². The fraction of sp³-hybridized carbons (Fsp3) is 0.171. The fourth-order valence-electron chi connectivity index (χ4n) is 10.5. The van der Waals surface area contributed by atoms with Crippen LogP contribution in [0.2, 0.25) is 0 Å². The molecule has 502 valence electrons. The van der Waals surface area contributed by atoms with Crippen molar-refractivity contribution in [3.63, 3.8) is 0 Å². The van der Waals surface area contributed by atoms with Crippen LogP contribution in [-0.2, 0) is 13.6 Å². The number of nitrogens with one attached hydrogen (secondary N) is 9. The lowest BCUT2D eigenvalue weighted by molar-refractivity contribution is 0.251. The third-order valence-electron chi connectivity index (χ3n) is 15.3. The van der Waals surface area contributed by atoms with Crippen molar-refractivity contribution < 1.29 is 33.0 Å². The Hall–Kier alpha value is -13.2. The fourth-order valence-corrected chi connectivity index (χ4v) is 10.5. The van der Waals surface area contributed by atoms with Crippen molar-refractivity contribution in [2.24, 2.45) is 7.05 Å². The normalized spacial score (nSPS) is 10.8. The summed E-state index contributed by atoms with van der Waals surface area (Å²) in [6.07, 6.45) is 11.5. The number of hydrogen-bond donors (Lipinski definition) is 9. The number of aryl methyl sites for hydroxylation is 2. The Morgan fingerprint density at radius 2 is 0.980 bits per heavy atom. The highest BCUT2D eigenvalue weighted by Crippen LogP contribution is 2.38. The van der Waals surface area contributed by atoms with Gasteiger partial charge in [-0.2, -0.15) is 0 Å². The Morgan fingerprint density at radius 3 is 1.45 bits per heavy atom. The molecule has 0 radical (unpaired) electrons. The average molecular weight is 1340 g/mol. The number of H-pyrrole nitrogens is 3. The minimum atomic E-state index is -0.483. The molecule has 0 fully saturated rings. The number of benzene rings is 3. The van der Waals surface area contributed by atoms with Crippen LogP contribution in [0.3, 0.4) is 0 Å². The van der Waals surface area contributed by atoms with E-state index in [1.165, 1.54) is 30.0 Å². The number of anilines is 3. The number of aromatic amines is 3. The summed E-state index contributed by atoms with van der Waals surface area (Å²) in [5.41, 5.74) is 13.0. The molecular formula is C70H67FN20O8. The SMILES string of the molecule is CCNC(=O)Nc1nc2c(-c3cc(OC)ccn3)cc(-c3cc(C)n(Cc4ccccn4)c(=O)c3)cc2[nH]1.CCNC(=O)Nc1nc2c(-c3cc(OC)ccn3)cc(-c3ccn(C)c(=O)c3)cc2[nH]1.CCNC(=O)Nc1nc2c(-c3ncccc3F)cc(-c3cnc(OC)nc3)cc2[nH]1. The van der Waals surface area contributed by atoms with Crippen LogP contribution in [0.4, 0.5) is 36.6 Å². The second kappa shape index (κ2) is 30.5. The number of aromatic nitrogens is 14. The molecule has 6 amide bonds. The van der Waals surface area contributed by atoms with Gasteiger partial charge in [-0.05, 0) is 140 Å². The third kappa shape index (κ3) is 15.8. The van der Waals surface area contributed by atoms with E-state index in [9.17, 15) is 28.4 Å². The molecule has 3 aromatic carbocycles. The van der Waals surface area contributed by atoms with E-state index in [0.717, 1.165) is 50.3 Å². The molecule has 0 aliphatic carbocycles. The maximum Gasteiger partial charge on any atom is 0.321 e. The summed E-state index contributed by atoms with van der Waals surface area (Å²) in [4.78, 5) is 110. The zero-order chi connectivity index (χ0) is 69.7. The van der Waals surface area contributed by atoms with Gasteiger partial charge in [-0.15, -0.1) is 0 Å². The summed E-state index contributed by atoms with van der Waals surface area (Å²) in [5.74, 6) is 1.67. The summed E-state index contributed by atoms with van der Waals surface area (Å²) >= 11 is 0. The smallest absolute Gasteiger partial charge is 0.321 e.